The fourth-order valence-electron chi connectivity index (χ4n) is 0.462. The van der Waals surface area contributed by atoms with E-state index < -0.39 is 33.7 Å². The molecule has 96 valence electrons. The first-order valence-corrected chi connectivity index (χ1v) is 5.30. The third-order valence-corrected chi connectivity index (χ3v) is 2.18. The average molecular weight is 304 g/mol. The molecule has 1 atom stereocenters. The van der Waals surface area contributed by atoms with Gasteiger partial charge in [-0.1, -0.05) is 0 Å². The van der Waals surface area contributed by atoms with Crippen LogP contribution in [0.1, 0.15) is 13.3 Å². The Balaban J connectivity index is -0.000000143. The van der Waals surface area contributed by atoms with Gasteiger partial charge in [-0.2, -0.15) is 8.42 Å². The fraction of sp³-hybridized carbons (Fsp3) is 0.667. The molecule has 0 aromatic carbocycles. The number of carboxylic acids is 2. The van der Waals surface area contributed by atoms with Crippen molar-refractivity contribution in [3.05, 3.63) is 0 Å². The monoisotopic (exact) mass is 304 g/mol. The second-order valence-electron chi connectivity index (χ2n) is 2.32. The van der Waals surface area contributed by atoms with Crippen LogP contribution in [-0.4, -0.2) is 42.0 Å². The molecule has 1 unspecified atom stereocenters. The summed E-state index contributed by atoms with van der Waals surface area (Å²) < 4.78 is 28.5. The van der Waals surface area contributed by atoms with E-state index in [1.54, 1.807) is 6.92 Å². The Morgan fingerprint density at radius 2 is 1.61 bits per heavy atom. The van der Waals surface area contributed by atoms with Crippen molar-refractivity contribution in [2.24, 2.45) is 0 Å². The molecule has 0 saturated heterocycles. The molecule has 0 heterocycles. The second-order valence-corrected chi connectivity index (χ2v) is 3.92. The van der Waals surface area contributed by atoms with Crippen molar-refractivity contribution in [3.8, 4) is 0 Å². The second kappa shape index (κ2) is 14.2. The third-order valence-electron chi connectivity index (χ3n) is 1.10. The Morgan fingerprint density at radius 3 is 1.67 bits per heavy atom. The Morgan fingerprint density at radius 1 is 1.28 bits per heavy atom. The molecule has 0 aromatic heterocycles. The summed E-state index contributed by atoms with van der Waals surface area (Å²) in [6.07, 6.45) is -1.33. The molecule has 0 aromatic rings. The molecule has 12 heteroatoms. The quantitative estimate of drug-likeness (QED) is 0.217. The molecule has 18 heavy (non-hydrogen) atoms. The van der Waals surface area contributed by atoms with Gasteiger partial charge in [0, 0.05) is 12.4 Å². The Bertz CT molecular complexity index is 326. The van der Waals surface area contributed by atoms with E-state index >= 15 is 0 Å². The van der Waals surface area contributed by atoms with Crippen molar-refractivity contribution < 1.29 is 102 Å². The molecule has 0 radical (unpaired) electrons. The molecule has 9 nitrogen and oxygen atoms in total. The molecule has 0 aliphatic heterocycles. The maximum absolute atomic E-state index is 10.2. The van der Waals surface area contributed by atoms with Gasteiger partial charge in [0.15, 0.2) is 0 Å². The van der Waals surface area contributed by atoms with Crippen LogP contribution < -0.4 is 69.3 Å². The van der Waals surface area contributed by atoms with Crippen LogP contribution in [0.2, 0.25) is 0 Å². The van der Waals surface area contributed by atoms with E-state index in [1.807, 2.05) is 0 Å². The third kappa shape index (κ3) is 16.8. The minimum Gasteiger partial charge on any atom is -0.550 e. The van der Waals surface area contributed by atoms with Crippen molar-refractivity contribution in [3.63, 3.8) is 0 Å². The molecule has 0 fully saturated rings. The SMILES string of the molecule is CCOO.O=C([O-])CC(C(=O)[O-])S(=O)(=O)O.[Na+].[Na+]. The maximum Gasteiger partial charge on any atom is 1.00 e. The number of aliphatic carboxylic acids is 2. The number of carbonyl (C=O) groups is 2. The van der Waals surface area contributed by atoms with E-state index in [2.05, 4.69) is 4.89 Å². The Kier molecular flexibility index (Phi) is 21.4. The summed E-state index contributed by atoms with van der Waals surface area (Å²) in [5.74, 6) is -4.08. The minimum atomic E-state index is -4.94. The fourth-order valence-corrected chi connectivity index (χ4v) is 1.05. The maximum atomic E-state index is 10.2. The number of hydrogen-bond donors (Lipinski definition) is 2. The summed E-state index contributed by atoms with van der Waals surface area (Å²) in [4.78, 5) is 23.3. The molecule has 0 aliphatic carbocycles. The van der Waals surface area contributed by atoms with E-state index in [9.17, 15) is 28.2 Å². The summed E-state index contributed by atoms with van der Waals surface area (Å²) in [5.41, 5.74) is 0. The van der Waals surface area contributed by atoms with Gasteiger partial charge in [-0.3, -0.25) is 9.81 Å². The van der Waals surface area contributed by atoms with E-state index in [-0.39, 0.29) is 59.1 Å². The van der Waals surface area contributed by atoms with Crippen LogP contribution in [0.4, 0.5) is 0 Å². The number of carbonyl (C=O) groups excluding carboxylic acids is 2. The van der Waals surface area contributed by atoms with Crippen LogP contribution in [0.3, 0.4) is 0 Å². The van der Waals surface area contributed by atoms with E-state index in [4.69, 9.17) is 9.81 Å². The molecule has 2 N–H and O–H groups in total. The zero-order chi connectivity index (χ0) is 13.4. The normalized spacial score (nSPS) is 10.8. The van der Waals surface area contributed by atoms with Crippen molar-refractivity contribution in [1.29, 1.82) is 0 Å². The van der Waals surface area contributed by atoms with Gasteiger partial charge in [-0.15, -0.1) is 0 Å². The summed E-state index contributed by atoms with van der Waals surface area (Å²) in [6.45, 7) is 2.08. The van der Waals surface area contributed by atoms with Gasteiger partial charge in [0.2, 0.25) is 0 Å². The number of rotatable bonds is 5. The van der Waals surface area contributed by atoms with E-state index in [0.29, 0.717) is 6.61 Å². The Labute approximate surface area is 148 Å². The molecular weight excluding hydrogens is 294 g/mol. The minimum absolute atomic E-state index is 0. The van der Waals surface area contributed by atoms with Crippen LogP contribution in [-0.2, 0) is 24.6 Å². The molecule has 0 bridgehead atoms. The van der Waals surface area contributed by atoms with Crippen LogP contribution in [0.15, 0.2) is 0 Å². The zero-order valence-electron chi connectivity index (χ0n) is 10.2. The standard InChI is InChI=1S/C4H6O7S.C2H6O2.2Na/c5-3(6)1-2(4(7)8)12(9,10)11;1-2-4-3;;/h2H,1H2,(H,5,6)(H,7,8)(H,9,10,11);3H,2H2,1H3;;/q;;2*+1/p-2. The van der Waals surface area contributed by atoms with Crippen LogP contribution >= 0.6 is 0 Å². The van der Waals surface area contributed by atoms with E-state index in [1.165, 1.54) is 0 Å². The van der Waals surface area contributed by atoms with Gasteiger partial charge in [0.05, 0.1) is 12.6 Å². The number of carboxylic acid groups (broad SMARTS) is 2. The summed E-state index contributed by atoms with van der Waals surface area (Å²) in [5, 5.41) is 24.6. The Hall–Kier alpha value is 0.770. The van der Waals surface area contributed by atoms with Gasteiger partial charge in [0.1, 0.15) is 5.25 Å². The molecule has 0 spiro atoms. The van der Waals surface area contributed by atoms with Gasteiger partial charge in [-0.25, -0.2) is 4.89 Å². The molecule has 0 saturated carbocycles. The van der Waals surface area contributed by atoms with Crippen molar-refractivity contribution in [2.75, 3.05) is 6.61 Å². The van der Waals surface area contributed by atoms with Gasteiger partial charge in [0.25, 0.3) is 10.1 Å². The predicted octanol–water partition coefficient (Wildman–Crippen LogP) is -9.36. The zero-order valence-corrected chi connectivity index (χ0v) is 15.0. The summed E-state index contributed by atoms with van der Waals surface area (Å²) >= 11 is 0. The molecule has 0 aliphatic rings. The summed E-state index contributed by atoms with van der Waals surface area (Å²) in [7, 11) is -4.94. The largest absolute Gasteiger partial charge is 1.00 e. The first-order chi connectivity index (χ1) is 7.16. The molecular formula is C6H10Na2O9S. The van der Waals surface area contributed by atoms with Crippen molar-refractivity contribution in [1.82, 2.24) is 0 Å². The van der Waals surface area contributed by atoms with Gasteiger partial charge >= 0.3 is 59.1 Å². The van der Waals surface area contributed by atoms with Crippen molar-refractivity contribution in [2.45, 2.75) is 18.6 Å². The van der Waals surface area contributed by atoms with Crippen LogP contribution in [0.25, 0.3) is 0 Å². The predicted molar refractivity (Wildman–Crippen MR) is 44.2 cm³/mol. The topological polar surface area (TPSA) is 164 Å². The van der Waals surface area contributed by atoms with Crippen LogP contribution in [0, 0.1) is 0 Å². The number of hydrogen-bond acceptors (Lipinski definition) is 8. The summed E-state index contributed by atoms with van der Waals surface area (Å²) in [6, 6.07) is 0. The van der Waals surface area contributed by atoms with Crippen molar-refractivity contribution >= 4 is 22.1 Å². The van der Waals surface area contributed by atoms with Crippen LogP contribution in [0.5, 0.6) is 0 Å². The first kappa shape index (κ1) is 27.2. The van der Waals surface area contributed by atoms with Gasteiger partial charge in [-0.05, 0) is 6.92 Å². The van der Waals surface area contributed by atoms with E-state index in [0.717, 1.165) is 0 Å². The smallest absolute Gasteiger partial charge is 0.550 e. The molecule has 0 rings (SSSR count). The molecule has 0 amide bonds. The average Bonchev–Trinajstić information content (AvgIpc) is 2.12. The van der Waals surface area contributed by atoms with Gasteiger partial charge < -0.3 is 19.8 Å². The first-order valence-electron chi connectivity index (χ1n) is 3.80.